The Kier molecular flexibility index (Phi) is 3.15. The number of nitrogens with two attached hydrogens (primary N) is 1. The summed E-state index contributed by atoms with van der Waals surface area (Å²) in [4.78, 5) is 0. The molecule has 0 unspecified atom stereocenters. The predicted molar refractivity (Wildman–Crippen MR) is 67.4 cm³/mol. The van der Waals surface area contributed by atoms with Crippen LogP contribution in [0.15, 0.2) is 30.6 Å². The molecule has 0 amide bonds. The maximum absolute atomic E-state index is 5.88. The second kappa shape index (κ2) is 4.58. The minimum absolute atomic E-state index is 0.588. The van der Waals surface area contributed by atoms with E-state index in [9.17, 15) is 0 Å². The highest BCUT2D eigenvalue weighted by atomic mass is 35.5. The fourth-order valence-corrected chi connectivity index (χ4v) is 1.70. The van der Waals surface area contributed by atoms with Gasteiger partial charge in [0, 0.05) is 18.3 Å². The van der Waals surface area contributed by atoms with Crippen LogP contribution in [0, 0.1) is 0 Å². The van der Waals surface area contributed by atoms with Gasteiger partial charge in [0.1, 0.15) is 0 Å². The number of rotatable bonds is 3. The molecule has 2 rings (SSSR count). The third-order valence-electron chi connectivity index (χ3n) is 2.42. The van der Waals surface area contributed by atoms with Crippen LogP contribution in [0.2, 0.25) is 5.02 Å². The summed E-state index contributed by atoms with van der Waals surface area (Å²) < 4.78 is 1.93. The molecular weight excluding hydrogens is 222 g/mol. The number of anilines is 1. The second-order valence-electron chi connectivity index (χ2n) is 3.73. The van der Waals surface area contributed by atoms with Crippen molar-refractivity contribution in [3.63, 3.8) is 0 Å². The van der Waals surface area contributed by atoms with Crippen molar-refractivity contribution < 1.29 is 0 Å². The van der Waals surface area contributed by atoms with Crippen LogP contribution in [0.25, 0.3) is 11.1 Å². The van der Waals surface area contributed by atoms with Crippen molar-refractivity contribution in [2.45, 2.75) is 19.9 Å². The molecule has 0 aliphatic rings. The molecule has 3 nitrogen and oxygen atoms in total. The molecule has 0 fully saturated rings. The lowest BCUT2D eigenvalue weighted by atomic mass is 10.1. The molecule has 0 atom stereocenters. The van der Waals surface area contributed by atoms with E-state index >= 15 is 0 Å². The zero-order valence-corrected chi connectivity index (χ0v) is 9.91. The zero-order valence-electron chi connectivity index (χ0n) is 9.15. The van der Waals surface area contributed by atoms with Gasteiger partial charge in [-0.15, -0.1) is 0 Å². The number of aryl methyl sites for hydroxylation is 1. The van der Waals surface area contributed by atoms with Crippen LogP contribution in [0.4, 0.5) is 5.69 Å². The number of hydrogen-bond donors (Lipinski definition) is 1. The van der Waals surface area contributed by atoms with E-state index in [2.05, 4.69) is 12.0 Å². The second-order valence-corrected chi connectivity index (χ2v) is 4.14. The summed E-state index contributed by atoms with van der Waals surface area (Å²) in [5.74, 6) is 0. The lowest BCUT2D eigenvalue weighted by Crippen LogP contribution is -1.95. The molecule has 1 aromatic heterocycles. The topological polar surface area (TPSA) is 43.8 Å². The van der Waals surface area contributed by atoms with E-state index in [0.717, 1.165) is 24.1 Å². The Labute approximate surface area is 99.8 Å². The molecule has 0 aliphatic carbocycles. The Hall–Kier alpha value is -1.48. The van der Waals surface area contributed by atoms with E-state index < -0.39 is 0 Å². The summed E-state index contributed by atoms with van der Waals surface area (Å²) in [6.07, 6.45) is 4.94. The highest BCUT2D eigenvalue weighted by molar-refractivity contribution is 6.33. The third kappa shape index (κ3) is 2.19. The molecule has 16 heavy (non-hydrogen) atoms. The number of nitrogens with zero attached hydrogens (tertiary/aromatic N) is 2. The number of halogens is 1. The maximum atomic E-state index is 5.88. The Morgan fingerprint density at radius 3 is 2.88 bits per heavy atom. The zero-order chi connectivity index (χ0) is 11.5. The van der Waals surface area contributed by atoms with E-state index in [1.165, 1.54) is 0 Å². The highest BCUT2D eigenvalue weighted by Crippen LogP contribution is 2.26. The van der Waals surface area contributed by atoms with Gasteiger partial charge in [0.15, 0.2) is 0 Å². The molecule has 0 radical (unpaired) electrons. The molecule has 0 saturated carbocycles. The average molecular weight is 236 g/mol. The van der Waals surface area contributed by atoms with Crippen molar-refractivity contribution in [3.8, 4) is 11.1 Å². The van der Waals surface area contributed by atoms with Gasteiger partial charge >= 0.3 is 0 Å². The molecule has 84 valence electrons. The summed E-state index contributed by atoms with van der Waals surface area (Å²) in [5.41, 5.74) is 8.48. The Morgan fingerprint density at radius 2 is 2.19 bits per heavy atom. The molecule has 0 saturated heterocycles. The van der Waals surface area contributed by atoms with Crippen molar-refractivity contribution >= 4 is 17.3 Å². The van der Waals surface area contributed by atoms with Gasteiger partial charge in [-0.1, -0.05) is 24.6 Å². The van der Waals surface area contributed by atoms with Crippen molar-refractivity contribution in [2.75, 3.05) is 5.73 Å². The first-order valence-electron chi connectivity index (χ1n) is 5.28. The monoisotopic (exact) mass is 235 g/mol. The summed E-state index contributed by atoms with van der Waals surface area (Å²) >= 11 is 5.88. The summed E-state index contributed by atoms with van der Waals surface area (Å²) in [7, 11) is 0. The van der Waals surface area contributed by atoms with Gasteiger partial charge < -0.3 is 5.73 Å². The molecule has 1 aromatic carbocycles. The van der Waals surface area contributed by atoms with Crippen molar-refractivity contribution in [1.82, 2.24) is 9.78 Å². The quantitative estimate of drug-likeness (QED) is 0.831. The van der Waals surface area contributed by atoms with Crippen LogP contribution in [0.3, 0.4) is 0 Å². The van der Waals surface area contributed by atoms with E-state index in [1.807, 2.05) is 35.3 Å². The van der Waals surface area contributed by atoms with Gasteiger partial charge in [-0.3, -0.25) is 4.68 Å². The fraction of sp³-hybridized carbons (Fsp3) is 0.250. The molecule has 2 aromatic rings. The van der Waals surface area contributed by atoms with Gasteiger partial charge in [0.25, 0.3) is 0 Å². The summed E-state index contributed by atoms with van der Waals surface area (Å²) in [6, 6.07) is 5.63. The minimum atomic E-state index is 0.588. The van der Waals surface area contributed by atoms with Crippen LogP contribution < -0.4 is 5.73 Å². The van der Waals surface area contributed by atoms with Crippen LogP contribution in [0.1, 0.15) is 13.3 Å². The van der Waals surface area contributed by atoms with E-state index in [-0.39, 0.29) is 0 Å². The number of aromatic nitrogens is 2. The SMILES string of the molecule is CCCn1cc(-c2ccc(Cl)c(N)c2)cn1. The standard InChI is InChI=1S/C12H14ClN3/c1-2-5-16-8-10(7-15-16)9-3-4-11(13)12(14)6-9/h3-4,6-8H,2,5,14H2,1H3. The fourth-order valence-electron chi connectivity index (χ4n) is 1.59. The third-order valence-corrected chi connectivity index (χ3v) is 2.76. The predicted octanol–water partition coefficient (Wildman–Crippen LogP) is 3.20. The normalized spacial score (nSPS) is 10.6. The molecule has 0 spiro atoms. The molecule has 0 aliphatic heterocycles. The Morgan fingerprint density at radius 1 is 1.38 bits per heavy atom. The van der Waals surface area contributed by atoms with Crippen LogP contribution >= 0.6 is 11.6 Å². The largest absolute Gasteiger partial charge is 0.398 e. The number of nitrogen functional groups attached to an aromatic ring is 1. The molecule has 0 bridgehead atoms. The summed E-state index contributed by atoms with van der Waals surface area (Å²) in [6.45, 7) is 3.06. The molecule has 1 heterocycles. The Bertz CT molecular complexity index is 491. The van der Waals surface area contributed by atoms with E-state index in [1.54, 1.807) is 0 Å². The van der Waals surface area contributed by atoms with Crippen molar-refractivity contribution in [3.05, 3.63) is 35.6 Å². The van der Waals surface area contributed by atoms with Crippen LogP contribution in [-0.4, -0.2) is 9.78 Å². The van der Waals surface area contributed by atoms with Gasteiger partial charge in [0.05, 0.1) is 16.9 Å². The molecule has 4 heteroatoms. The minimum Gasteiger partial charge on any atom is -0.398 e. The number of benzene rings is 1. The smallest absolute Gasteiger partial charge is 0.0635 e. The van der Waals surface area contributed by atoms with Crippen molar-refractivity contribution in [1.29, 1.82) is 0 Å². The molecular formula is C12H14ClN3. The van der Waals surface area contributed by atoms with Crippen LogP contribution in [0.5, 0.6) is 0 Å². The number of hydrogen-bond acceptors (Lipinski definition) is 2. The first-order chi connectivity index (χ1) is 7.70. The first kappa shape index (κ1) is 11.0. The van der Waals surface area contributed by atoms with E-state index in [4.69, 9.17) is 17.3 Å². The van der Waals surface area contributed by atoms with Crippen LogP contribution in [-0.2, 0) is 6.54 Å². The van der Waals surface area contributed by atoms with Gasteiger partial charge in [-0.2, -0.15) is 5.10 Å². The lowest BCUT2D eigenvalue weighted by Gasteiger charge is -2.01. The van der Waals surface area contributed by atoms with Gasteiger partial charge in [0.2, 0.25) is 0 Å². The first-order valence-corrected chi connectivity index (χ1v) is 5.66. The summed E-state index contributed by atoms with van der Waals surface area (Å²) in [5, 5.41) is 4.86. The average Bonchev–Trinajstić information content (AvgIpc) is 2.71. The van der Waals surface area contributed by atoms with Gasteiger partial charge in [-0.25, -0.2) is 0 Å². The molecule has 2 N–H and O–H groups in total. The maximum Gasteiger partial charge on any atom is 0.0635 e. The lowest BCUT2D eigenvalue weighted by molar-refractivity contribution is 0.603. The highest BCUT2D eigenvalue weighted by Gasteiger charge is 2.03. The van der Waals surface area contributed by atoms with E-state index in [0.29, 0.717) is 10.7 Å². The van der Waals surface area contributed by atoms with Gasteiger partial charge in [-0.05, 0) is 24.1 Å². The van der Waals surface area contributed by atoms with Crippen molar-refractivity contribution in [2.24, 2.45) is 0 Å². The Balaban J connectivity index is 2.31.